The molecular formula is C13H28N2. The first-order chi connectivity index (χ1) is 7.15. The van der Waals surface area contributed by atoms with Crippen LogP contribution in [0.25, 0.3) is 0 Å². The van der Waals surface area contributed by atoms with E-state index in [1.165, 1.54) is 32.1 Å². The summed E-state index contributed by atoms with van der Waals surface area (Å²) in [4.78, 5) is 2.61. The van der Waals surface area contributed by atoms with Gasteiger partial charge in [-0.15, -0.1) is 0 Å². The van der Waals surface area contributed by atoms with Gasteiger partial charge in [-0.25, -0.2) is 0 Å². The molecule has 1 aliphatic carbocycles. The van der Waals surface area contributed by atoms with Crippen LogP contribution in [0.15, 0.2) is 0 Å². The van der Waals surface area contributed by atoms with Gasteiger partial charge in [-0.3, -0.25) is 4.90 Å². The molecule has 2 heteroatoms. The summed E-state index contributed by atoms with van der Waals surface area (Å²) in [6, 6.07) is 2.18. The van der Waals surface area contributed by atoms with Crippen molar-refractivity contribution >= 4 is 0 Å². The lowest BCUT2D eigenvalue weighted by molar-refractivity contribution is 0.164. The van der Waals surface area contributed by atoms with Crippen molar-refractivity contribution in [3.8, 4) is 0 Å². The van der Waals surface area contributed by atoms with Crippen molar-refractivity contribution in [2.75, 3.05) is 13.6 Å². The molecule has 0 bridgehead atoms. The van der Waals surface area contributed by atoms with E-state index in [1.54, 1.807) is 0 Å². The Morgan fingerprint density at radius 1 is 1.27 bits per heavy atom. The molecule has 1 saturated carbocycles. The standard InChI is InChI=1S/C13H28N2/c1-5-12(10-14-11(2)3)15(4)13-8-6-7-9-13/h11-14H,5-10H2,1-4H3. The Labute approximate surface area is 95.4 Å². The summed E-state index contributed by atoms with van der Waals surface area (Å²) < 4.78 is 0. The molecule has 0 amide bonds. The van der Waals surface area contributed by atoms with Crippen LogP contribution in [0, 0.1) is 0 Å². The predicted octanol–water partition coefficient (Wildman–Crippen LogP) is 2.64. The maximum atomic E-state index is 3.56. The maximum Gasteiger partial charge on any atom is 0.0217 e. The molecule has 1 N–H and O–H groups in total. The molecule has 0 aromatic heterocycles. The van der Waals surface area contributed by atoms with Gasteiger partial charge in [0.15, 0.2) is 0 Å². The number of nitrogens with one attached hydrogen (secondary N) is 1. The molecular weight excluding hydrogens is 184 g/mol. The smallest absolute Gasteiger partial charge is 0.0217 e. The SMILES string of the molecule is CCC(CNC(C)C)N(C)C1CCCC1. The number of nitrogens with zero attached hydrogens (tertiary/aromatic N) is 1. The minimum atomic E-state index is 0.607. The Morgan fingerprint density at radius 3 is 2.33 bits per heavy atom. The van der Waals surface area contributed by atoms with Gasteiger partial charge in [-0.1, -0.05) is 33.6 Å². The minimum Gasteiger partial charge on any atom is -0.313 e. The molecule has 1 rings (SSSR count). The first kappa shape index (κ1) is 13.0. The van der Waals surface area contributed by atoms with Crippen LogP contribution in [0.2, 0.25) is 0 Å². The van der Waals surface area contributed by atoms with Crippen molar-refractivity contribution < 1.29 is 0 Å². The van der Waals surface area contributed by atoms with E-state index in [2.05, 4.69) is 38.0 Å². The van der Waals surface area contributed by atoms with E-state index >= 15 is 0 Å². The van der Waals surface area contributed by atoms with Crippen LogP contribution in [-0.2, 0) is 0 Å². The van der Waals surface area contributed by atoms with Crippen LogP contribution in [0.1, 0.15) is 52.9 Å². The van der Waals surface area contributed by atoms with E-state index < -0.39 is 0 Å². The number of hydrogen-bond acceptors (Lipinski definition) is 2. The average Bonchev–Trinajstić information content (AvgIpc) is 2.70. The van der Waals surface area contributed by atoms with Gasteiger partial charge in [0.1, 0.15) is 0 Å². The van der Waals surface area contributed by atoms with Crippen LogP contribution in [-0.4, -0.2) is 36.6 Å². The summed E-state index contributed by atoms with van der Waals surface area (Å²) in [5.41, 5.74) is 0. The highest BCUT2D eigenvalue weighted by Gasteiger charge is 2.24. The molecule has 0 spiro atoms. The van der Waals surface area contributed by atoms with E-state index in [9.17, 15) is 0 Å². The molecule has 90 valence electrons. The summed E-state index contributed by atoms with van der Waals surface area (Å²) >= 11 is 0. The molecule has 1 atom stereocenters. The van der Waals surface area contributed by atoms with Crippen molar-refractivity contribution in [2.24, 2.45) is 0 Å². The predicted molar refractivity (Wildman–Crippen MR) is 67.2 cm³/mol. The zero-order chi connectivity index (χ0) is 11.3. The summed E-state index contributed by atoms with van der Waals surface area (Å²) in [6.45, 7) is 7.89. The highest BCUT2D eigenvalue weighted by molar-refractivity contribution is 4.81. The monoisotopic (exact) mass is 212 g/mol. The third-order valence-corrected chi connectivity index (χ3v) is 3.71. The molecule has 1 aliphatic rings. The number of likely N-dealkylation sites (N-methyl/N-ethyl adjacent to an activating group) is 1. The second kappa shape index (κ2) is 6.49. The first-order valence-corrected chi connectivity index (χ1v) is 6.60. The fraction of sp³-hybridized carbons (Fsp3) is 1.00. The highest BCUT2D eigenvalue weighted by Crippen LogP contribution is 2.24. The molecule has 0 saturated heterocycles. The zero-order valence-corrected chi connectivity index (χ0v) is 10.9. The third-order valence-electron chi connectivity index (χ3n) is 3.71. The van der Waals surface area contributed by atoms with E-state index in [-0.39, 0.29) is 0 Å². The molecule has 0 aliphatic heterocycles. The Bertz CT molecular complexity index is 162. The van der Waals surface area contributed by atoms with Gasteiger partial charge in [-0.2, -0.15) is 0 Å². The van der Waals surface area contributed by atoms with E-state index in [0.717, 1.165) is 18.6 Å². The topological polar surface area (TPSA) is 15.3 Å². The molecule has 0 aromatic rings. The second-order valence-electron chi connectivity index (χ2n) is 5.23. The van der Waals surface area contributed by atoms with Gasteiger partial charge in [0.25, 0.3) is 0 Å². The van der Waals surface area contributed by atoms with Crippen molar-refractivity contribution in [3.63, 3.8) is 0 Å². The normalized spacial score (nSPS) is 20.4. The van der Waals surface area contributed by atoms with Gasteiger partial charge in [0.2, 0.25) is 0 Å². The molecule has 1 unspecified atom stereocenters. The zero-order valence-electron chi connectivity index (χ0n) is 10.9. The molecule has 0 radical (unpaired) electrons. The number of rotatable bonds is 6. The van der Waals surface area contributed by atoms with Crippen molar-refractivity contribution in [1.29, 1.82) is 0 Å². The fourth-order valence-corrected chi connectivity index (χ4v) is 2.56. The molecule has 2 nitrogen and oxygen atoms in total. The third kappa shape index (κ3) is 4.12. The maximum absolute atomic E-state index is 3.56. The summed E-state index contributed by atoms with van der Waals surface area (Å²) in [5, 5.41) is 3.56. The molecule has 1 fully saturated rings. The van der Waals surface area contributed by atoms with Gasteiger partial charge in [0.05, 0.1) is 0 Å². The minimum absolute atomic E-state index is 0.607. The largest absolute Gasteiger partial charge is 0.313 e. The van der Waals surface area contributed by atoms with Gasteiger partial charge < -0.3 is 5.32 Å². The summed E-state index contributed by atoms with van der Waals surface area (Å²) in [6.07, 6.45) is 6.95. The number of hydrogen-bond donors (Lipinski definition) is 1. The van der Waals surface area contributed by atoms with Crippen LogP contribution in [0.5, 0.6) is 0 Å². The van der Waals surface area contributed by atoms with Gasteiger partial charge in [0, 0.05) is 24.7 Å². The quantitative estimate of drug-likeness (QED) is 0.728. The lowest BCUT2D eigenvalue weighted by atomic mass is 10.1. The summed E-state index contributed by atoms with van der Waals surface area (Å²) in [7, 11) is 2.31. The van der Waals surface area contributed by atoms with E-state index in [0.29, 0.717) is 6.04 Å². The van der Waals surface area contributed by atoms with Crippen LogP contribution < -0.4 is 5.32 Å². The van der Waals surface area contributed by atoms with E-state index in [4.69, 9.17) is 0 Å². The lowest BCUT2D eigenvalue weighted by Crippen LogP contribution is -2.45. The lowest BCUT2D eigenvalue weighted by Gasteiger charge is -2.33. The van der Waals surface area contributed by atoms with Crippen molar-refractivity contribution in [3.05, 3.63) is 0 Å². The Hall–Kier alpha value is -0.0800. The molecule has 15 heavy (non-hydrogen) atoms. The summed E-state index contributed by atoms with van der Waals surface area (Å²) in [5.74, 6) is 0. The van der Waals surface area contributed by atoms with Gasteiger partial charge in [-0.05, 0) is 26.3 Å². The first-order valence-electron chi connectivity index (χ1n) is 6.60. The van der Waals surface area contributed by atoms with Crippen LogP contribution >= 0.6 is 0 Å². The van der Waals surface area contributed by atoms with Gasteiger partial charge >= 0.3 is 0 Å². The highest BCUT2D eigenvalue weighted by atomic mass is 15.2. The van der Waals surface area contributed by atoms with Crippen LogP contribution in [0.4, 0.5) is 0 Å². The molecule has 0 heterocycles. The Balaban J connectivity index is 2.34. The Morgan fingerprint density at radius 2 is 1.87 bits per heavy atom. The van der Waals surface area contributed by atoms with Crippen molar-refractivity contribution in [2.45, 2.75) is 71.0 Å². The molecule has 0 aromatic carbocycles. The van der Waals surface area contributed by atoms with Crippen LogP contribution in [0.3, 0.4) is 0 Å². The van der Waals surface area contributed by atoms with E-state index in [1.807, 2.05) is 0 Å². The van der Waals surface area contributed by atoms with Crippen molar-refractivity contribution in [1.82, 2.24) is 10.2 Å². The second-order valence-corrected chi connectivity index (χ2v) is 5.23. The Kier molecular flexibility index (Phi) is 5.62. The average molecular weight is 212 g/mol. The fourth-order valence-electron chi connectivity index (χ4n) is 2.56.